The van der Waals surface area contributed by atoms with Gasteiger partial charge in [0, 0.05) is 67.7 Å². The summed E-state index contributed by atoms with van der Waals surface area (Å²) in [6.07, 6.45) is 7.31. The molecule has 1 aliphatic rings. The maximum atomic E-state index is 13.0. The lowest BCUT2D eigenvalue weighted by molar-refractivity contribution is 0.0730. The van der Waals surface area contributed by atoms with Crippen LogP contribution in [0.3, 0.4) is 0 Å². The average Bonchev–Trinajstić information content (AvgIpc) is 3.15. The highest BCUT2D eigenvalue weighted by Crippen LogP contribution is 2.25. The lowest BCUT2D eigenvalue weighted by Crippen LogP contribution is -2.37. The molecule has 2 amide bonds. The zero-order valence-corrected chi connectivity index (χ0v) is 17.8. The summed E-state index contributed by atoms with van der Waals surface area (Å²) in [7, 11) is 0. The summed E-state index contributed by atoms with van der Waals surface area (Å²) < 4.78 is 1.94. The molecule has 0 aliphatic carbocycles. The van der Waals surface area contributed by atoms with E-state index in [1.807, 2.05) is 16.8 Å². The molecule has 3 aromatic rings. The van der Waals surface area contributed by atoms with Crippen molar-refractivity contribution < 1.29 is 9.59 Å². The van der Waals surface area contributed by atoms with Crippen molar-refractivity contribution in [2.24, 2.45) is 5.92 Å². The SMILES string of the molecule is CC(C)Cn1nc(C(=O)NCc2cccnc2)c2c1CCN(C(=O)c1ccncc1)C2. The van der Waals surface area contributed by atoms with Crippen LogP contribution in [0.25, 0.3) is 0 Å². The van der Waals surface area contributed by atoms with E-state index in [0.717, 1.165) is 23.4 Å². The van der Waals surface area contributed by atoms with Crippen molar-refractivity contribution in [2.75, 3.05) is 6.54 Å². The van der Waals surface area contributed by atoms with E-state index in [2.05, 4.69) is 34.2 Å². The number of amides is 2. The van der Waals surface area contributed by atoms with E-state index in [1.165, 1.54) is 0 Å². The van der Waals surface area contributed by atoms with Gasteiger partial charge >= 0.3 is 0 Å². The third-order valence-electron chi connectivity index (χ3n) is 5.28. The number of fused-ring (bicyclic) bond motifs is 1. The Morgan fingerprint density at radius 2 is 1.94 bits per heavy atom. The Morgan fingerprint density at radius 3 is 2.65 bits per heavy atom. The molecular weight excluding hydrogens is 392 g/mol. The Bertz CT molecular complexity index is 1060. The molecule has 1 N–H and O–H groups in total. The second-order valence-corrected chi connectivity index (χ2v) is 8.11. The van der Waals surface area contributed by atoms with Crippen molar-refractivity contribution in [3.8, 4) is 0 Å². The summed E-state index contributed by atoms with van der Waals surface area (Å²) in [5, 5.41) is 7.59. The fourth-order valence-corrected chi connectivity index (χ4v) is 3.79. The maximum Gasteiger partial charge on any atom is 0.272 e. The summed E-state index contributed by atoms with van der Waals surface area (Å²) in [6.45, 7) is 6.31. The van der Waals surface area contributed by atoms with Gasteiger partial charge in [0.05, 0.1) is 6.54 Å². The van der Waals surface area contributed by atoms with E-state index >= 15 is 0 Å². The lowest BCUT2D eigenvalue weighted by atomic mass is 10.0. The van der Waals surface area contributed by atoms with Crippen LogP contribution in [-0.4, -0.2) is 43.0 Å². The molecule has 0 bridgehead atoms. The summed E-state index contributed by atoms with van der Waals surface area (Å²) in [4.78, 5) is 35.8. The van der Waals surface area contributed by atoms with E-state index in [0.29, 0.717) is 43.2 Å². The molecule has 3 aromatic heterocycles. The molecule has 8 heteroatoms. The van der Waals surface area contributed by atoms with Gasteiger partial charge in [-0.1, -0.05) is 19.9 Å². The van der Waals surface area contributed by atoms with Crippen molar-refractivity contribution in [3.63, 3.8) is 0 Å². The molecule has 0 unspecified atom stereocenters. The number of carbonyl (C=O) groups excluding carboxylic acids is 2. The molecule has 4 heterocycles. The van der Waals surface area contributed by atoms with Gasteiger partial charge < -0.3 is 10.2 Å². The number of hydrogen-bond donors (Lipinski definition) is 1. The van der Waals surface area contributed by atoms with Crippen LogP contribution in [0.4, 0.5) is 0 Å². The highest BCUT2D eigenvalue weighted by molar-refractivity contribution is 5.96. The summed E-state index contributed by atoms with van der Waals surface area (Å²) >= 11 is 0. The number of aromatic nitrogens is 4. The lowest BCUT2D eigenvalue weighted by Gasteiger charge is -2.28. The van der Waals surface area contributed by atoms with Crippen LogP contribution >= 0.6 is 0 Å². The fraction of sp³-hybridized carbons (Fsp3) is 0.348. The third-order valence-corrected chi connectivity index (χ3v) is 5.28. The van der Waals surface area contributed by atoms with E-state index in [1.54, 1.807) is 41.8 Å². The molecular formula is C23H26N6O2. The van der Waals surface area contributed by atoms with Crippen molar-refractivity contribution >= 4 is 11.8 Å². The molecule has 4 rings (SSSR count). The van der Waals surface area contributed by atoms with Crippen LogP contribution in [0.2, 0.25) is 0 Å². The van der Waals surface area contributed by atoms with Crippen molar-refractivity contribution in [3.05, 3.63) is 77.1 Å². The molecule has 0 aromatic carbocycles. The molecule has 0 radical (unpaired) electrons. The van der Waals surface area contributed by atoms with Gasteiger partial charge in [0.15, 0.2) is 5.69 Å². The smallest absolute Gasteiger partial charge is 0.272 e. The molecule has 0 saturated carbocycles. The summed E-state index contributed by atoms with van der Waals surface area (Å²) in [5.74, 6) is 0.0963. The molecule has 8 nitrogen and oxygen atoms in total. The maximum absolute atomic E-state index is 13.0. The Hall–Kier alpha value is -3.55. The molecule has 160 valence electrons. The first-order valence-corrected chi connectivity index (χ1v) is 10.5. The van der Waals surface area contributed by atoms with Gasteiger partial charge in [-0.05, 0) is 29.7 Å². The quantitative estimate of drug-likeness (QED) is 0.664. The van der Waals surface area contributed by atoms with Crippen LogP contribution in [0, 0.1) is 5.92 Å². The van der Waals surface area contributed by atoms with Crippen molar-refractivity contribution in [1.29, 1.82) is 0 Å². The largest absolute Gasteiger partial charge is 0.346 e. The van der Waals surface area contributed by atoms with Gasteiger partial charge in [-0.2, -0.15) is 5.10 Å². The normalized spacial score (nSPS) is 13.2. The van der Waals surface area contributed by atoms with E-state index < -0.39 is 0 Å². The first-order chi connectivity index (χ1) is 15.0. The highest BCUT2D eigenvalue weighted by atomic mass is 16.2. The zero-order chi connectivity index (χ0) is 21.8. The molecule has 0 saturated heterocycles. The van der Waals surface area contributed by atoms with Crippen molar-refractivity contribution in [2.45, 2.75) is 39.9 Å². The van der Waals surface area contributed by atoms with E-state index in [9.17, 15) is 9.59 Å². The zero-order valence-electron chi connectivity index (χ0n) is 17.8. The van der Waals surface area contributed by atoms with E-state index in [4.69, 9.17) is 0 Å². The number of rotatable bonds is 6. The number of nitrogens with zero attached hydrogens (tertiary/aromatic N) is 5. The number of pyridine rings is 2. The Labute approximate surface area is 181 Å². The van der Waals surface area contributed by atoms with Gasteiger partial charge in [0.25, 0.3) is 11.8 Å². The van der Waals surface area contributed by atoms with Crippen LogP contribution in [0.15, 0.2) is 49.1 Å². The predicted octanol–water partition coefficient (Wildman–Crippen LogP) is 2.46. The topological polar surface area (TPSA) is 93.0 Å². The van der Waals surface area contributed by atoms with Crippen LogP contribution in [-0.2, 0) is 26.1 Å². The first-order valence-electron chi connectivity index (χ1n) is 10.5. The standard InChI is InChI=1S/C23H26N6O2/c1-16(2)14-29-20-7-11-28(23(31)18-5-9-24-10-6-18)15-19(20)21(27-29)22(30)26-13-17-4-3-8-25-12-17/h3-6,8-10,12,16H,7,11,13-15H2,1-2H3,(H,26,30). The number of carbonyl (C=O) groups is 2. The molecule has 0 atom stereocenters. The van der Waals surface area contributed by atoms with Crippen LogP contribution in [0.1, 0.15) is 51.5 Å². The summed E-state index contributed by atoms with van der Waals surface area (Å²) in [6, 6.07) is 7.17. The highest BCUT2D eigenvalue weighted by Gasteiger charge is 2.30. The van der Waals surface area contributed by atoms with Gasteiger partial charge in [0.2, 0.25) is 0 Å². The minimum atomic E-state index is -0.235. The summed E-state index contributed by atoms with van der Waals surface area (Å²) in [5.41, 5.74) is 3.78. The Balaban J connectivity index is 1.58. The monoisotopic (exact) mass is 418 g/mol. The van der Waals surface area contributed by atoms with Gasteiger partial charge in [-0.15, -0.1) is 0 Å². The third kappa shape index (κ3) is 4.63. The molecule has 0 spiro atoms. The second-order valence-electron chi connectivity index (χ2n) is 8.11. The van der Waals surface area contributed by atoms with Crippen LogP contribution in [0.5, 0.6) is 0 Å². The number of nitrogens with one attached hydrogen (secondary N) is 1. The molecule has 31 heavy (non-hydrogen) atoms. The average molecular weight is 419 g/mol. The molecule has 0 fully saturated rings. The van der Waals surface area contributed by atoms with Gasteiger partial charge in [0.1, 0.15) is 0 Å². The van der Waals surface area contributed by atoms with Gasteiger partial charge in [-0.3, -0.25) is 24.2 Å². The predicted molar refractivity (Wildman–Crippen MR) is 115 cm³/mol. The second kappa shape index (κ2) is 9.07. The minimum absolute atomic E-state index is 0.0635. The first kappa shape index (κ1) is 20.7. The van der Waals surface area contributed by atoms with E-state index in [-0.39, 0.29) is 11.8 Å². The van der Waals surface area contributed by atoms with Crippen LogP contribution < -0.4 is 5.32 Å². The molecule has 1 aliphatic heterocycles. The van der Waals surface area contributed by atoms with Gasteiger partial charge in [-0.25, -0.2) is 0 Å². The Morgan fingerprint density at radius 1 is 1.13 bits per heavy atom. The van der Waals surface area contributed by atoms with Crippen molar-refractivity contribution in [1.82, 2.24) is 30.0 Å². The Kier molecular flexibility index (Phi) is 6.06. The minimum Gasteiger partial charge on any atom is -0.346 e. The fourth-order valence-electron chi connectivity index (χ4n) is 3.79. The number of hydrogen-bond acceptors (Lipinski definition) is 5.